The molecule has 0 saturated heterocycles. The van der Waals surface area contributed by atoms with Crippen molar-refractivity contribution >= 4 is 26.8 Å². The molecule has 0 radical (unpaired) electrons. The summed E-state index contributed by atoms with van der Waals surface area (Å²) in [6.45, 7) is 2.49. The number of pyridine rings is 2. The summed E-state index contributed by atoms with van der Waals surface area (Å²) in [7, 11) is -3.54. The first-order valence-electron chi connectivity index (χ1n) is 7.05. The molecule has 0 aliphatic rings. The molecule has 0 saturated carbocycles. The lowest BCUT2D eigenvalue weighted by atomic mass is 10.3. The maximum atomic E-state index is 12.0. The molecule has 0 unspecified atom stereocenters. The van der Waals surface area contributed by atoms with Gasteiger partial charge in [-0.2, -0.15) is 0 Å². The largest absolute Gasteiger partial charge is 0.461 e. The maximum Gasteiger partial charge on any atom is 0.242 e. The Balaban J connectivity index is 1.61. The zero-order valence-electron chi connectivity index (χ0n) is 12.5. The van der Waals surface area contributed by atoms with E-state index in [1.165, 1.54) is 18.5 Å². The number of sulfonamides is 1. The second kappa shape index (κ2) is 6.35. The molecule has 0 amide bonds. The summed E-state index contributed by atoms with van der Waals surface area (Å²) in [5.41, 5.74) is 0.746. The number of hydrogen-bond donors (Lipinski definition) is 2. The number of fused-ring (bicyclic) bond motifs is 1. The molecule has 0 atom stereocenters. The van der Waals surface area contributed by atoms with Gasteiger partial charge in [0.15, 0.2) is 0 Å². The molecular weight excluding hydrogens is 316 g/mol. The molecule has 0 fully saturated rings. The van der Waals surface area contributed by atoms with Crippen molar-refractivity contribution in [3.05, 3.63) is 48.6 Å². The number of aromatic nitrogens is 2. The van der Waals surface area contributed by atoms with Crippen LogP contribution in [0.1, 0.15) is 5.76 Å². The van der Waals surface area contributed by atoms with Gasteiger partial charge in [-0.25, -0.2) is 18.1 Å². The Morgan fingerprint density at radius 2 is 2.09 bits per heavy atom. The van der Waals surface area contributed by atoms with Gasteiger partial charge in [0.2, 0.25) is 10.0 Å². The number of aryl methyl sites for hydroxylation is 1. The van der Waals surface area contributed by atoms with Gasteiger partial charge in [0.05, 0.1) is 5.39 Å². The van der Waals surface area contributed by atoms with Crippen LogP contribution >= 0.6 is 0 Å². The monoisotopic (exact) mass is 332 g/mol. The second-order valence-electron chi connectivity index (χ2n) is 4.94. The van der Waals surface area contributed by atoms with Crippen LogP contribution in [0.15, 0.2) is 52.2 Å². The molecule has 0 bridgehead atoms. The van der Waals surface area contributed by atoms with E-state index >= 15 is 0 Å². The zero-order valence-corrected chi connectivity index (χ0v) is 13.3. The predicted octanol–water partition coefficient (Wildman–Crippen LogP) is 1.92. The van der Waals surface area contributed by atoms with E-state index in [1.807, 2.05) is 13.0 Å². The summed E-state index contributed by atoms with van der Waals surface area (Å²) in [4.78, 5) is 8.21. The third kappa shape index (κ3) is 3.49. The molecule has 0 aromatic carbocycles. The van der Waals surface area contributed by atoms with Crippen LogP contribution < -0.4 is 10.0 Å². The SMILES string of the molecule is Cc1cc2c(NCCNS(=O)(=O)c3cccnc3)nccc2o1. The lowest BCUT2D eigenvalue weighted by Gasteiger charge is -2.08. The van der Waals surface area contributed by atoms with E-state index in [1.54, 1.807) is 18.3 Å². The fraction of sp³-hybridized carbons (Fsp3) is 0.200. The Morgan fingerprint density at radius 1 is 1.22 bits per heavy atom. The highest BCUT2D eigenvalue weighted by Crippen LogP contribution is 2.24. The van der Waals surface area contributed by atoms with Crippen LogP contribution in [0.5, 0.6) is 0 Å². The van der Waals surface area contributed by atoms with Crippen molar-refractivity contribution in [2.24, 2.45) is 0 Å². The van der Waals surface area contributed by atoms with Crippen LogP contribution in [-0.4, -0.2) is 31.5 Å². The van der Waals surface area contributed by atoms with Gasteiger partial charge in [0, 0.05) is 31.7 Å². The van der Waals surface area contributed by atoms with E-state index in [2.05, 4.69) is 20.0 Å². The molecule has 8 heteroatoms. The van der Waals surface area contributed by atoms with E-state index < -0.39 is 10.0 Å². The van der Waals surface area contributed by atoms with Crippen molar-refractivity contribution in [1.29, 1.82) is 0 Å². The lowest BCUT2D eigenvalue weighted by Crippen LogP contribution is -2.29. The number of hydrogen-bond acceptors (Lipinski definition) is 6. The molecule has 0 aliphatic carbocycles. The highest BCUT2D eigenvalue weighted by atomic mass is 32.2. The molecule has 7 nitrogen and oxygen atoms in total. The van der Waals surface area contributed by atoms with E-state index in [-0.39, 0.29) is 11.4 Å². The van der Waals surface area contributed by atoms with E-state index in [9.17, 15) is 8.42 Å². The number of nitrogens with zero attached hydrogens (tertiary/aromatic N) is 2. The Labute approximate surface area is 133 Å². The van der Waals surface area contributed by atoms with Crippen LogP contribution in [-0.2, 0) is 10.0 Å². The first-order valence-corrected chi connectivity index (χ1v) is 8.53. The van der Waals surface area contributed by atoms with Gasteiger partial charge in [-0.05, 0) is 31.2 Å². The summed E-state index contributed by atoms with van der Waals surface area (Å²) in [5.74, 6) is 1.47. The van der Waals surface area contributed by atoms with Crippen LogP contribution in [0.3, 0.4) is 0 Å². The summed E-state index contributed by atoms with van der Waals surface area (Å²) in [5, 5.41) is 3.99. The molecule has 3 heterocycles. The van der Waals surface area contributed by atoms with Gasteiger partial charge in [0.1, 0.15) is 22.1 Å². The first kappa shape index (κ1) is 15.4. The Bertz CT molecular complexity index is 907. The van der Waals surface area contributed by atoms with Crippen molar-refractivity contribution < 1.29 is 12.8 Å². The van der Waals surface area contributed by atoms with Crippen LogP contribution in [0.2, 0.25) is 0 Å². The average Bonchev–Trinajstić information content (AvgIpc) is 2.93. The fourth-order valence-corrected chi connectivity index (χ4v) is 3.18. The van der Waals surface area contributed by atoms with Gasteiger partial charge >= 0.3 is 0 Å². The van der Waals surface area contributed by atoms with Gasteiger partial charge < -0.3 is 9.73 Å². The molecule has 0 aliphatic heterocycles. The van der Waals surface area contributed by atoms with Gasteiger partial charge in [-0.15, -0.1) is 0 Å². The number of nitrogens with one attached hydrogen (secondary N) is 2. The molecule has 23 heavy (non-hydrogen) atoms. The maximum absolute atomic E-state index is 12.0. The zero-order chi connectivity index (χ0) is 16.3. The predicted molar refractivity (Wildman–Crippen MR) is 86.7 cm³/mol. The third-order valence-electron chi connectivity index (χ3n) is 3.22. The lowest BCUT2D eigenvalue weighted by molar-refractivity contribution is 0.578. The van der Waals surface area contributed by atoms with Crippen molar-refractivity contribution in [3.8, 4) is 0 Å². The Hall–Kier alpha value is -2.45. The highest BCUT2D eigenvalue weighted by molar-refractivity contribution is 7.89. The minimum absolute atomic E-state index is 0.144. The smallest absolute Gasteiger partial charge is 0.242 e. The molecule has 3 aromatic rings. The topological polar surface area (TPSA) is 97.1 Å². The summed E-state index contributed by atoms with van der Waals surface area (Å²) in [6, 6.07) is 6.76. The van der Waals surface area contributed by atoms with Crippen molar-refractivity contribution in [1.82, 2.24) is 14.7 Å². The minimum Gasteiger partial charge on any atom is -0.461 e. The van der Waals surface area contributed by atoms with E-state index in [0.29, 0.717) is 12.4 Å². The normalized spacial score (nSPS) is 11.7. The first-order chi connectivity index (χ1) is 11.1. The third-order valence-corrected chi connectivity index (χ3v) is 4.67. The fourth-order valence-electron chi connectivity index (χ4n) is 2.19. The number of rotatable bonds is 6. The van der Waals surface area contributed by atoms with Crippen LogP contribution in [0.25, 0.3) is 11.0 Å². The van der Waals surface area contributed by atoms with Gasteiger partial charge in [-0.1, -0.05) is 0 Å². The summed E-state index contributed by atoms with van der Waals surface area (Å²) < 4.78 is 32.1. The number of anilines is 1. The van der Waals surface area contributed by atoms with Crippen molar-refractivity contribution in [2.45, 2.75) is 11.8 Å². The van der Waals surface area contributed by atoms with Gasteiger partial charge in [0.25, 0.3) is 0 Å². The standard InChI is InChI=1S/C15H16N4O3S/c1-11-9-13-14(22-11)4-6-17-15(13)18-7-8-19-23(20,21)12-3-2-5-16-10-12/h2-6,9-10,19H,7-8H2,1H3,(H,17,18). The van der Waals surface area contributed by atoms with E-state index in [4.69, 9.17) is 4.42 Å². The quantitative estimate of drug-likeness (QED) is 0.669. The molecule has 3 rings (SSSR count). The average molecular weight is 332 g/mol. The van der Waals surface area contributed by atoms with Crippen molar-refractivity contribution in [3.63, 3.8) is 0 Å². The van der Waals surface area contributed by atoms with Crippen LogP contribution in [0, 0.1) is 6.92 Å². The Kier molecular flexibility index (Phi) is 4.26. The second-order valence-corrected chi connectivity index (χ2v) is 6.71. The van der Waals surface area contributed by atoms with Crippen LogP contribution in [0.4, 0.5) is 5.82 Å². The number of furan rings is 1. The highest BCUT2D eigenvalue weighted by Gasteiger charge is 2.13. The van der Waals surface area contributed by atoms with E-state index in [0.717, 1.165) is 16.7 Å². The Morgan fingerprint density at radius 3 is 2.87 bits per heavy atom. The van der Waals surface area contributed by atoms with Crippen molar-refractivity contribution in [2.75, 3.05) is 18.4 Å². The molecule has 120 valence electrons. The molecule has 2 N–H and O–H groups in total. The summed E-state index contributed by atoms with van der Waals surface area (Å²) in [6.07, 6.45) is 4.49. The summed E-state index contributed by atoms with van der Waals surface area (Å²) >= 11 is 0. The molecular formula is C15H16N4O3S. The molecule has 3 aromatic heterocycles. The van der Waals surface area contributed by atoms with Gasteiger partial charge in [-0.3, -0.25) is 4.98 Å². The molecule has 0 spiro atoms. The minimum atomic E-state index is -3.54.